The van der Waals surface area contributed by atoms with Gasteiger partial charge in [0.05, 0.1) is 0 Å². The summed E-state index contributed by atoms with van der Waals surface area (Å²) in [5.41, 5.74) is 0.928. The molecule has 0 spiro atoms. The molecule has 4 rings (SSSR count). The van der Waals surface area contributed by atoms with Crippen molar-refractivity contribution in [1.82, 2.24) is 0 Å². The van der Waals surface area contributed by atoms with Gasteiger partial charge in [0.1, 0.15) is 17.1 Å². The van der Waals surface area contributed by atoms with Crippen LogP contribution in [0.1, 0.15) is 78.6 Å². The van der Waals surface area contributed by atoms with Crippen LogP contribution >= 0.6 is 0 Å². The van der Waals surface area contributed by atoms with Gasteiger partial charge in [-0.05, 0) is 56.8 Å². The Hall–Kier alpha value is -1.12. The zero-order chi connectivity index (χ0) is 17.1. The lowest BCUT2D eigenvalue weighted by atomic mass is 9.56. The molecule has 0 unspecified atom stereocenters. The smallest absolute Gasteiger partial charge is 0.162 e. The van der Waals surface area contributed by atoms with Gasteiger partial charge in [-0.25, -0.2) is 0 Å². The molecule has 3 aliphatic carbocycles. The van der Waals surface area contributed by atoms with Gasteiger partial charge >= 0.3 is 0 Å². The number of ketones is 2. The highest BCUT2D eigenvalue weighted by Gasteiger charge is 2.55. The number of fused-ring (bicyclic) bond motifs is 2. The Bertz CT molecular complexity index is 615. The third kappa shape index (κ3) is 2.46. The summed E-state index contributed by atoms with van der Waals surface area (Å²) in [5, 5.41) is 0. The normalized spacial score (nSPS) is 41.7. The largest absolute Gasteiger partial charge is 0.491 e. The van der Waals surface area contributed by atoms with Crippen molar-refractivity contribution in [2.24, 2.45) is 23.2 Å². The summed E-state index contributed by atoms with van der Waals surface area (Å²) in [7, 11) is 0. The Morgan fingerprint density at radius 3 is 2.62 bits per heavy atom. The van der Waals surface area contributed by atoms with Crippen molar-refractivity contribution in [1.29, 1.82) is 0 Å². The van der Waals surface area contributed by atoms with Crippen LogP contribution in [0.15, 0.2) is 11.3 Å². The quantitative estimate of drug-likeness (QED) is 0.652. The number of allylic oxidation sites excluding steroid dienone is 2. The number of Topliss-reactive ketones (excluding diaryl/α,β-unsaturated/α-hetero) is 2. The Morgan fingerprint density at radius 2 is 1.83 bits per heavy atom. The molecule has 2 saturated carbocycles. The van der Waals surface area contributed by atoms with E-state index in [1.54, 1.807) is 0 Å². The van der Waals surface area contributed by atoms with E-state index in [1.165, 1.54) is 0 Å². The van der Waals surface area contributed by atoms with Crippen molar-refractivity contribution >= 4 is 11.6 Å². The summed E-state index contributed by atoms with van der Waals surface area (Å²) in [6, 6.07) is 0. The van der Waals surface area contributed by atoms with Gasteiger partial charge in [0.25, 0.3) is 0 Å². The molecule has 0 aromatic carbocycles. The molecule has 0 amide bonds. The molecule has 0 saturated heterocycles. The third-order valence-electron chi connectivity index (χ3n) is 7.46. The molecule has 24 heavy (non-hydrogen) atoms. The van der Waals surface area contributed by atoms with Crippen molar-refractivity contribution < 1.29 is 14.3 Å². The Morgan fingerprint density at radius 1 is 1.04 bits per heavy atom. The van der Waals surface area contributed by atoms with E-state index in [-0.39, 0.29) is 16.9 Å². The van der Waals surface area contributed by atoms with Crippen LogP contribution in [0, 0.1) is 23.2 Å². The Labute approximate surface area is 145 Å². The number of hydrogen-bond donors (Lipinski definition) is 0. The monoisotopic (exact) mass is 330 g/mol. The summed E-state index contributed by atoms with van der Waals surface area (Å²) in [6.07, 6.45) is 8.13. The van der Waals surface area contributed by atoms with E-state index >= 15 is 0 Å². The van der Waals surface area contributed by atoms with Gasteiger partial charge in [0.15, 0.2) is 5.78 Å². The Balaban J connectivity index is 1.68. The Kier molecular flexibility index (Phi) is 3.71. The number of hydrogen-bond acceptors (Lipinski definition) is 3. The van der Waals surface area contributed by atoms with E-state index in [0.29, 0.717) is 29.8 Å². The lowest BCUT2D eigenvalue weighted by Gasteiger charge is -2.54. The molecule has 0 bridgehead atoms. The van der Waals surface area contributed by atoms with Gasteiger partial charge in [0.2, 0.25) is 0 Å². The minimum Gasteiger partial charge on any atom is -0.491 e. The highest BCUT2D eigenvalue weighted by atomic mass is 16.5. The molecule has 0 radical (unpaired) electrons. The molecular formula is C21H30O3. The van der Waals surface area contributed by atoms with Crippen molar-refractivity contribution in [2.45, 2.75) is 84.2 Å². The molecular weight excluding hydrogens is 300 g/mol. The standard InChI is InChI=1S/C21H30O3/c1-20(2)9-5-7-18(23)15-12-21(3)13(11-16(15)20)10-14-17(22)6-4-8-19(14)24-21/h13,15-16H,4-12H2,1-3H3/t13-,15-,16-,21+/m0/s1. The predicted molar refractivity (Wildman–Crippen MR) is 92.3 cm³/mol. The van der Waals surface area contributed by atoms with Gasteiger partial charge in [-0.3, -0.25) is 9.59 Å². The first-order valence-electron chi connectivity index (χ1n) is 9.77. The van der Waals surface area contributed by atoms with Crippen molar-refractivity contribution in [3.05, 3.63) is 11.3 Å². The molecule has 4 aliphatic rings. The van der Waals surface area contributed by atoms with E-state index in [0.717, 1.165) is 62.7 Å². The van der Waals surface area contributed by atoms with E-state index in [9.17, 15) is 9.59 Å². The molecule has 3 heteroatoms. The maximum atomic E-state index is 12.8. The second-order valence-electron chi connectivity index (χ2n) is 9.46. The van der Waals surface area contributed by atoms with Gasteiger partial charge in [-0.15, -0.1) is 0 Å². The topological polar surface area (TPSA) is 43.4 Å². The van der Waals surface area contributed by atoms with E-state index in [1.807, 2.05) is 0 Å². The maximum Gasteiger partial charge on any atom is 0.162 e. The molecule has 0 aromatic rings. The molecule has 2 fully saturated rings. The highest BCUT2D eigenvalue weighted by molar-refractivity contribution is 5.96. The summed E-state index contributed by atoms with van der Waals surface area (Å²) in [6.45, 7) is 6.88. The van der Waals surface area contributed by atoms with E-state index in [2.05, 4.69) is 20.8 Å². The first-order chi connectivity index (χ1) is 11.3. The van der Waals surface area contributed by atoms with Crippen LogP contribution in [0.5, 0.6) is 0 Å². The molecule has 1 heterocycles. The number of carbonyl (C=O) groups is 2. The first kappa shape index (κ1) is 16.4. The minimum atomic E-state index is -0.256. The number of carbonyl (C=O) groups excluding carboxylic acids is 2. The third-order valence-corrected chi connectivity index (χ3v) is 7.46. The molecule has 132 valence electrons. The average Bonchev–Trinajstić information content (AvgIpc) is 2.61. The highest BCUT2D eigenvalue weighted by Crippen LogP contribution is 2.57. The van der Waals surface area contributed by atoms with Gasteiger partial charge in [-0.2, -0.15) is 0 Å². The average molecular weight is 330 g/mol. The van der Waals surface area contributed by atoms with Crippen LogP contribution in [0.4, 0.5) is 0 Å². The molecule has 0 N–H and O–H groups in total. The van der Waals surface area contributed by atoms with E-state index < -0.39 is 0 Å². The van der Waals surface area contributed by atoms with Crippen LogP contribution in [0.2, 0.25) is 0 Å². The summed E-state index contributed by atoms with van der Waals surface area (Å²) in [4.78, 5) is 25.1. The van der Waals surface area contributed by atoms with Crippen LogP contribution < -0.4 is 0 Å². The van der Waals surface area contributed by atoms with E-state index in [4.69, 9.17) is 4.74 Å². The van der Waals surface area contributed by atoms with Crippen molar-refractivity contribution in [3.63, 3.8) is 0 Å². The summed E-state index contributed by atoms with van der Waals surface area (Å²) < 4.78 is 6.47. The van der Waals surface area contributed by atoms with Gasteiger partial charge in [0, 0.05) is 36.7 Å². The minimum absolute atomic E-state index is 0.144. The fourth-order valence-electron chi connectivity index (χ4n) is 5.92. The van der Waals surface area contributed by atoms with Crippen LogP contribution in [-0.4, -0.2) is 17.2 Å². The SMILES string of the molecule is CC1(C)CCCC(=O)[C@H]2C[C@@]3(C)OC4=C(C[C@H]3C[C@@H]21)C(=O)CCC4. The van der Waals surface area contributed by atoms with Crippen LogP contribution in [0.25, 0.3) is 0 Å². The summed E-state index contributed by atoms with van der Waals surface area (Å²) in [5.74, 6) is 2.67. The molecule has 0 aromatic heterocycles. The fraction of sp³-hybridized carbons (Fsp3) is 0.810. The zero-order valence-corrected chi connectivity index (χ0v) is 15.3. The zero-order valence-electron chi connectivity index (χ0n) is 15.3. The molecule has 3 nitrogen and oxygen atoms in total. The lowest BCUT2D eigenvalue weighted by molar-refractivity contribution is -0.148. The summed E-state index contributed by atoms with van der Waals surface area (Å²) >= 11 is 0. The first-order valence-corrected chi connectivity index (χ1v) is 9.77. The molecule has 4 atom stereocenters. The van der Waals surface area contributed by atoms with Crippen molar-refractivity contribution in [3.8, 4) is 0 Å². The second kappa shape index (κ2) is 5.44. The number of rotatable bonds is 0. The van der Waals surface area contributed by atoms with Crippen LogP contribution in [-0.2, 0) is 14.3 Å². The second-order valence-corrected chi connectivity index (χ2v) is 9.46. The van der Waals surface area contributed by atoms with Gasteiger partial charge < -0.3 is 4.74 Å². The lowest BCUT2D eigenvalue weighted by Crippen LogP contribution is -2.53. The fourth-order valence-corrected chi connectivity index (χ4v) is 5.92. The maximum absolute atomic E-state index is 12.8. The molecule has 1 aliphatic heterocycles. The number of ether oxygens (including phenoxy) is 1. The van der Waals surface area contributed by atoms with Gasteiger partial charge in [-0.1, -0.05) is 13.8 Å². The predicted octanol–water partition coefficient (Wildman–Crippen LogP) is 4.59. The van der Waals surface area contributed by atoms with Crippen molar-refractivity contribution in [2.75, 3.05) is 0 Å². The van der Waals surface area contributed by atoms with Crippen LogP contribution in [0.3, 0.4) is 0 Å².